The van der Waals surface area contributed by atoms with Gasteiger partial charge in [-0.1, -0.05) is 36.4 Å². The molecule has 2 aromatic heterocycles. The lowest BCUT2D eigenvalue weighted by atomic mass is 10.0. The van der Waals surface area contributed by atoms with E-state index in [-0.39, 0.29) is 5.91 Å². The molecule has 194 valence electrons. The van der Waals surface area contributed by atoms with Gasteiger partial charge in [-0.2, -0.15) is 0 Å². The molecule has 9 nitrogen and oxygen atoms in total. The van der Waals surface area contributed by atoms with Gasteiger partial charge in [0.25, 0.3) is 0 Å². The van der Waals surface area contributed by atoms with Gasteiger partial charge in [0, 0.05) is 48.5 Å². The van der Waals surface area contributed by atoms with Gasteiger partial charge < -0.3 is 25.2 Å². The molecule has 1 aliphatic heterocycles. The molecule has 0 aliphatic carbocycles. The Morgan fingerprint density at radius 2 is 1.87 bits per heavy atom. The fourth-order valence-corrected chi connectivity index (χ4v) is 4.24. The second kappa shape index (κ2) is 11.8. The van der Waals surface area contributed by atoms with Gasteiger partial charge in [0.15, 0.2) is 0 Å². The number of fused-ring (bicyclic) bond motifs is 1. The first-order chi connectivity index (χ1) is 18.5. The van der Waals surface area contributed by atoms with Crippen molar-refractivity contribution in [2.45, 2.75) is 0 Å². The van der Waals surface area contributed by atoms with Crippen LogP contribution in [-0.4, -0.2) is 72.7 Å². The Hall–Kier alpha value is -4.34. The maximum absolute atomic E-state index is 12.3. The molecular formula is C29H31N7O2. The smallest absolute Gasteiger partial charge is 0.248 e. The molecule has 2 aromatic carbocycles. The summed E-state index contributed by atoms with van der Waals surface area (Å²) in [5.74, 6) is 1.26. The maximum atomic E-state index is 12.3. The van der Waals surface area contributed by atoms with Crippen LogP contribution in [0.4, 0.5) is 23.1 Å². The number of ether oxygens (including phenoxy) is 1. The fraction of sp³-hybridized carbons (Fsp3) is 0.241. The Labute approximate surface area is 222 Å². The first kappa shape index (κ1) is 25.3. The lowest BCUT2D eigenvalue weighted by Crippen LogP contribution is -2.36. The minimum Gasteiger partial charge on any atom is -0.378 e. The molecular weight excluding hydrogens is 478 g/mol. The van der Waals surface area contributed by atoms with Gasteiger partial charge >= 0.3 is 0 Å². The van der Waals surface area contributed by atoms with E-state index in [1.165, 1.54) is 0 Å². The van der Waals surface area contributed by atoms with E-state index in [1.807, 2.05) is 85.9 Å². The first-order valence-corrected chi connectivity index (χ1v) is 12.6. The molecule has 1 aliphatic rings. The van der Waals surface area contributed by atoms with Crippen LogP contribution in [0.3, 0.4) is 0 Å². The summed E-state index contributed by atoms with van der Waals surface area (Å²) in [6.45, 7) is 3.83. The normalized spacial score (nSPS) is 13.8. The van der Waals surface area contributed by atoms with E-state index >= 15 is 0 Å². The van der Waals surface area contributed by atoms with E-state index in [9.17, 15) is 4.79 Å². The third-order valence-corrected chi connectivity index (χ3v) is 6.13. The van der Waals surface area contributed by atoms with Crippen LogP contribution in [-0.2, 0) is 9.53 Å². The average Bonchev–Trinajstić information content (AvgIpc) is 2.93. The van der Waals surface area contributed by atoms with Gasteiger partial charge in [0.1, 0.15) is 5.82 Å². The van der Waals surface area contributed by atoms with E-state index in [0.29, 0.717) is 12.5 Å². The second-order valence-electron chi connectivity index (χ2n) is 9.30. The van der Waals surface area contributed by atoms with E-state index in [4.69, 9.17) is 9.72 Å². The summed E-state index contributed by atoms with van der Waals surface area (Å²) in [5, 5.41) is 7.14. The highest BCUT2D eigenvalue weighted by molar-refractivity contribution is 6.00. The van der Waals surface area contributed by atoms with Crippen LogP contribution in [0, 0.1) is 0 Å². The molecule has 4 aromatic rings. The van der Waals surface area contributed by atoms with E-state index in [0.717, 1.165) is 65.5 Å². The summed E-state index contributed by atoms with van der Waals surface area (Å²) in [6.07, 6.45) is 6.99. The van der Waals surface area contributed by atoms with Gasteiger partial charge in [0.05, 0.1) is 30.6 Å². The van der Waals surface area contributed by atoms with Gasteiger partial charge in [0.2, 0.25) is 11.9 Å². The molecule has 0 unspecified atom stereocenters. The standard InChI is InChI=1S/C29H31N7O2/c1-35(2)13-5-10-27(37)32-23-8-3-6-21(18-23)25-9-4-7-22-19-31-29(34-28(22)25)33-24-11-12-26(30-20-24)36-14-16-38-17-15-36/h3-12,18-20H,13-17H2,1-2H3,(H,32,37)(H,31,33,34)/b10-5+. The lowest BCUT2D eigenvalue weighted by Gasteiger charge is -2.27. The molecule has 1 fully saturated rings. The predicted octanol–water partition coefficient (Wildman–Crippen LogP) is 4.33. The third-order valence-electron chi connectivity index (χ3n) is 6.13. The highest BCUT2D eigenvalue weighted by Gasteiger charge is 2.13. The SMILES string of the molecule is CN(C)C/C=C/C(=O)Nc1cccc(-c2cccc3cnc(Nc4ccc(N5CCOCC5)nc4)nc23)c1. The summed E-state index contributed by atoms with van der Waals surface area (Å²) in [7, 11) is 3.92. The molecule has 0 spiro atoms. The number of pyridine rings is 1. The number of rotatable bonds is 8. The lowest BCUT2D eigenvalue weighted by molar-refractivity contribution is -0.111. The van der Waals surface area contributed by atoms with Crippen LogP contribution in [0.1, 0.15) is 0 Å². The topological polar surface area (TPSA) is 95.5 Å². The summed E-state index contributed by atoms with van der Waals surface area (Å²) in [4.78, 5) is 30.5. The number of likely N-dealkylation sites (N-methyl/N-ethyl adjacent to an activating group) is 1. The Kier molecular flexibility index (Phi) is 7.86. The number of morpholine rings is 1. The Morgan fingerprint density at radius 1 is 1.03 bits per heavy atom. The van der Waals surface area contributed by atoms with Gasteiger partial charge in [-0.3, -0.25) is 4.79 Å². The number of carbonyl (C=O) groups is 1. The molecule has 0 radical (unpaired) electrons. The van der Waals surface area contributed by atoms with Gasteiger partial charge in [-0.05, 0) is 43.9 Å². The van der Waals surface area contributed by atoms with Gasteiger partial charge in [-0.15, -0.1) is 0 Å². The van der Waals surface area contributed by atoms with Crippen LogP contribution >= 0.6 is 0 Å². The van der Waals surface area contributed by atoms with Crippen LogP contribution in [0.25, 0.3) is 22.0 Å². The Balaban J connectivity index is 1.35. The van der Waals surface area contributed by atoms with E-state index < -0.39 is 0 Å². The number of nitrogens with zero attached hydrogens (tertiary/aromatic N) is 5. The van der Waals surface area contributed by atoms with E-state index in [2.05, 4.69) is 25.5 Å². The van der Waals surface area contributed by atoms with Crippen molar-refractivity contribution in [1.29, 1.82) is 0 Å². The van der Waals surface area contributed by atoms with Gasteiger partial charge in [-0.25, -0.2) is 15.0 Å². The zero-order valence-corrected chi connectivity index (χ0v) is 21.6. The summed E-state index contributed by atoms with van der Waals surface area (Å²) >= 11 is 0. The molecule has 1 saturated heterocycles. The highest BCUT2D eigenvalue weighted by Crippen LogP contribution is 2.30. The number of para-hydroxylation sites is 1. The van der Waals surface area contributed by atoms with Crippen molar-refractivity contribution in [3.05, 3.63) is 79.1 Å². The minimum atomic E-state index is -0.163. The number of carbonyl (C=O) groups excluding carboxylic acids is 1. The zero-order valence-electron chi connectivity index (χ0n) is 21.6. The summed E-state index contributed by atoms with van der Waals surface area (Å²) < 4.78 is 5.42. The zero-order chi connectivity index (χ0) is 26.3. The molecule has 9 heteroatoms. The van der Waals surface area contributed by atoms with Crippen LogP contribution < -0.4 is 15.5 Å². The number of hydrogen-bond acceptors (Lipinski definition) is 8. The van der Waals surface area contributed by atoms with Crippen molar-refractivity contribution in [3.8, 4) is 11.1 Å². The first-order valence-electron chi connectivity index (χ1n) is 12.6. The number of hydrogen-bond donors (Lipinski definition) is 2. The average molecular weight is 510 g/mol. The van der Waals surface area contributed by atoms with Crippen LogP contribution in [0.15, 0.2) is 79.1 Å². The number of aromatic nitrogens is 3. The Morgan fingerprint density at radius 3 is 2.66 bits per heavy atom. The molecule has 2 N–H and O–H groups in total. The van der Waals surface area contributed by atoms with E-state index in [1.54, 1.807) is 12.3 Å². The van der Waals surface area contributed by atoms with Crippen molar-refractivity contribution in [3.63, 3.8) is 0 Å². The fourth-order valence-electron chi connectivity index (χ4n) is 4.24. The molecule has 0 atom stereocenters. The molecule has 3 heterocycles. The van der Waals surface area contributed by atoms with Crippen molar-refractivity contribution < 1.29 is 9.53 Å². The molecule has 0 bridgehead atoms. The number of anilines is 4. The number of nitrogens with one attached hydrogen (secondary N) is 2. The maximum Gasteiger partial charge on any atom is 0.248 e. The van der Waals surface area contributed by atoms with Crippen molar-refractivity contribution in [1.82, 2.24) is 19.9 Å². The second-order valence-corrected chi connectivity index (χ2v) is 9.30. The predicted molar refractivity (Wildman–Crippen MR) is 152 cm³/mol. The molecule has 38 heavy (non-hydrogen) atoms. The molecule has 1 amide bonds. The third kappa shape index (κ3) is 6.31. The Bertz CT molecular complexity index is 1430. The van der Waals surface area contributed by atoms with Crippen LogP contribution in [0.2, 0.25) is 0 Å². The monoisotopic (exact) mass is 509 g/mol. The number of amides is 1. The summed E-state index contributed by atoms with van der Waals surface area (Å²) in [6, 6.07) is 17.7. The van der Waals surface area contributed by atoms with Crippen molar-refractivity contribution >= 4 is 40.0 Å². The molecule has 0 saturated carbocycles. The largest absolute Gasteiger partial charge is 0.378 e. The highest BCUT2D eigenvalue weighted by atomic mass is 16.5. The number of benzene rings is 2. The summed E-state index contributed by atoms with van der Waals surface area (Å²) in [5.41, 5.74) is 4.25. The van der Waals surface area contributed by atoms with Crippen LogP contribution in [0.5, 0.6) is 0 Å². The van der Waals surface area contributed by atoms with Crippen molar-refractivity contribution in [2.24, 2.45) is 0 Å². The minimum absolute atomic E-state index is 0.163. The quantitative estimate of drug-likeness (QED) is 0.339. The molecule has 5 rings (SSSR count). The van der Waals surface area contributed by atoms with Crippen molar-refractivity contribution in [2.75, 3.05) is 62.5 Å².